The largest absolute Gasteiger partial charge is 0.495 e. The van der Waals surface area contributed by atoms with Crippen LogP contribution < -0.4 is 25.0 Å². The summed E-state index contributed by atoms with van der Waals surface area (Å²) >= 11 is 0. The molecular weight excluding hydrogens is 382 g/mol. The Morgan fingerprint density at radius 2 is 1.63 bits per heavy atom. The molecule has 0 atom stereocenters. The Balaban J connectivity index is 1.58. The Morgan fingerprint density at radius 3 is 2.40 bits per heavy atom. The number of amides is 1. The molecule has 3 rings (SSSR count). The van der Waals surface area contributed by atoms with Gasteiger partial charge in [0.25, 0.3) is 5.91 Å². The molecule has 3 aromatic carbocycles. The van der Waals surface area contributed by atoms with Crippen molar-refractivity contribution in [2.45, 2.75) is 0 Å². The highest BCUT2D eigenvalue weighted by Gasteiger charge is 2.10. The van der Waals surface area contributed by atoms with Crippen molar-refractivity contribution >= 4 is 23.5 Å². The maximum Gasteiger partial charge on any atom is 0.262 e. The average Bonchev–Trinajstić information content (AvgIpc) is 2.79. The van der Waals surface area contributed by atoms with E-state index in [0.717, 1.165) is 11.3 Å². The summed E-state index contributed by atoms with van der Waals surface area (Å²) in [6.45, 7) is -0.169. The van der Waals surface area contributed by atoms with Gasteiger partial charge < -0.3 is 19.5 Å². The molecule has 0 aliphatic carbocycles. The highest BCUT2D eigenvalue weighted by molar-refractivity contribution is 5.93. The molecule has 7 nitrogen and oxygen atoms in total. The topological polar surface area (TPSA) is 81.2 Å². The smallest absolute Gasteiger partial charge is 0.262 e. The third kappa shape index (κ3) is 5.75. The number of ether oxygens (including phenoxy) is 3. The number of rotatable bonds is 9. The first-order chi connectivity index (χ1) is 14.7. The zero-order valence-electron chi connectivity index (χ0n) is 16.8. The summed E-state index contributed by atoms with van der Waals surface area (Å²) in [5.41, 5.74) is 5.24. The Bertz CT molecular complexity index is 1010. The van der Waals surface area contributed by atoms with Crippen molar-refractivity contribution in [3.8, 4) is 17.2 Å². The lowest BCUT2D eigenvalue weighted by molar-refractivity contribution is -0.118. The lowest BCUT2D eigenvalue weighted by Gasteiger charge is -2.12. The maximum atomic E-state index is 12.2. The van der Waals surface area contributed by atoms with Gasteiger partial charge in [-0.1, -0.05) is 30.3 Å². The minimum atomic E-state index is -0.306. The van der Waals surface area contributed by atoms with Crippen molar-refractivity contribution in [3.63, 3.8) is 0 Å². The van der Waals surface area contributed by atoms with Gasteiger partial charge in [-0.3, -0.25) is 10.2 Å². The summed E-state index contributed by atoms with van der Waals surface area (Å²) in [5.74, 6) is 1.24. The molecule has 0 bridgehead atoms. The molecule has 1 amide bonds. The minimum absolute atomic E-state index is 0.169. The molecule has 2 N–H and O–H groups in total. The number of hydrogen-bond acceptors (Lipinski definition) is 6. The van der Waals surface area contributed by atoms with E-state index in [-0.39, 0.29) is 12.5 Å². The van der Waals surface area contributed by atoms with Gasteiger partial charge in [0.2, 0.25) is 0 Å². The van der Waals surface area contributed by atoms with Crippen molar-refractivity contribution in [2.75, 3.05) is 31.6 Å². The molecule has 0 aliphatic rings. The Kier molecular flexibility index (Phi) is 7.27. The number of carbonyl (C=O) groups excluding carboxylic acids is 1. The van der Waals surface area contributed by atoms with E-state index in [0.29, 0.717) is 22.9 Å². The van der Waals surface area contributed by atoms with Crippen LogP contribution in [0.25, 0.3) is 0 Å². The number of nitrogens with zero attached hydrogens (tertiary/aromatic N) is 1. The van der Waals surface area contributed by atoms with Crippen molar-refractivity contribution in [1.29, 1.82) is 0 Å². The minimum Gasteiger partial charge on any atom is -0.495 e. The monoisotopic (exact) mass is 405 g/mol. The molecule has 0 saturated heterocycles. The number of hydrazone groups is 1. The van der Waals surface area contributed by atoms with E-state index < -0.39 is 0 Å². The van der Waals surface area contributed by atoms with Crippen LogP contribution in [0.1, 0.15) is 5.56 Å². The molecule has 7 heteroatoms. The lowest BCUT2D eigenvalue weighted by Crippen LogP contribution is -2.20. The normalized spacial score (nSPS) is 10.5. The van der Waals surface area contributed by atoms with E-state index in [4.69, 9.17) is 14.2 Å². The molecule has 0 saturated carbocycles. The van der Waals surface area contributed by atoms with Gasteiger partial charge in [-0.2, -0.15) is 5.10 Å². The van der Waals surface area contributed by atoms with Crippen molar-refractivity contribution < 1.29 is 19.0 Å². The van der Waals surface area contributed by atoms with E-state index in [2.05, 4.69) is 15.8 Å². The lowest BCUT2D eigenvalue weighted by atomic mass is 10.2. The number of nitrogens with one attached hydrogen (secondary N) is 2. The fraction of sp³-hybridized carbons (Fsp3) is 0.130. The number of carbonyl (C=O) groups is 1. The predicted octanol–water partition coefficient (Wildman–Crippen LogP) is 4.17. The summed E-state index contributed by atoms with van der Waals surface area (Å²) in [4.78, 5) is 12.2. The predicted molar refractivity (Wildman–Crippen MR) is 118 cm³/mol. The van der Waals surface area contributed by atoms with E-state index >= 15 is 0 Å². The van der Waals surface area contributed by atoms with Crippen LogP contribution in [-0.4, -0.2) is 32.9 Å². The molecule has 0 unspecified atom stereocenters. The zero-order chi connectivity index (χ0) is 21.2. The first-order valence-corrected chi connectivity index (χ1v) is 9.27. The molecule has 0 spiro atoms. The summed E-state index contributed by atoms with van der Waals surface area (Å²) in [5, 5.41) is 6.97. The van der Waals surface area contributed by atoms with Gasteiger partial charge in [0.1, 0.15) is 5.75 Å². The van der Waals surface area contributed by atoms with Crippen molar-refractivity contribution in [3.05, 3.63) is 78.4 Å². The van der Waals surface area contributed by atoms with Gasteiger partial charge in [0.15, 0.2) is 18.1 Å². The quantitative estimate of drug-likeness (QED) is 0.413. The van der Waals surface area contributed by atoms with E-state index in [1.54, 1.807) is 44.7 Å². The number of anilines is 2. The summed E-state index contributed by atoms with van der Waals surface area (Å²) in [6.07, 6.45) is 1.67. The van der Waals surface area contributed by atoms with Gasteiger partial charge in [0.05, 0.1) is 31.8 Å². The second-order valence-corrected chi connectivity index (χ2v) is 6.18. The van der Waals surface area contributed by atoms with Crippen LogP contribution in [0.4, 0.5) is 11.4 Å². The standard InChI is InChI=1S/C23H23N3O4/c1-28-20-11-7-6-10-19(20)25-23(27)16-30-21-13-12-17(14-22(21)29-2)15-24-26-18-8-4-3-5-9-18/h3-15,26H,16H2,1-2H3,(H,25,27). The van der Waals surface area contributed by atoms with Crippen LogP contribution in [0.2, 0.25) is 0 Å². The first kappa shape index (κ1) is 20.7. The SMILES string of the molecule is COc1ccccc1NC(=O)COc1ccc(C=NNc2ccccc2)cc1OC. The molecule has 0 heterocycles. The van der Waals surface area contributed by atoms with E-state index in [1.807, 2.05) is 48.5 Å². The van der Waals surface area contributed by atoms with Crippen LogP contribution in [0.3, 0.4) is 0 Å². The third-order valence-electron chi connectivity index (χ3n) is 4.11. The van der Waals surface area contributed by atoms with Gasteiger partial charge in [-0.25, -0.2) is 0 Å². The van der Waals surface area contributed by atoms with Gasteiger partial charge in [0, 0.05) is 0 Å². The Morgan fingerprint density at radius 1 is 0.900 bits per heavy atom. The summed E-state index contributed by atoms with van der Waals surface area (Å²) < 4.78 is 16.2. The highest BCUT2D eigenvalue weighted by Crippen LogP contribution is 2.28. The fourth-order valence-corrected chi connectivity index (χ4v) is 2.66. The van der Waals surface area contributed by atoms with Crippen LogP contribution in [0.5, 0.6) is 17.2 Å². The number of methoxy groups -OCH3 is 2. The van der Waals surface area contributed by atoms with Crippen LogP contribution in [0.15, 0.2) is 77.9 Å². The molecule has 3 aromatic rings. The first-order valence-electron chi connectivity index (χ1n) is 9.27. The van der Waals surface area contributed by atoms with Crippen LogP contribution in [0, 0.1) is 0 Å². The molecule has 154 valence electrons. The molecule has 0 aliphatic heterocycles. The fourth-order valence-electron chi connectivity index (χ4n) is 2.66. The van der Waals surface area contributed by atoms with Crippen molar-refractivity contribution in [1.82, 2.24) is 0 Å². The van der Waals surface area contributed by atoms with Crippen LogP contribution >= 0.6 is 0 Å². The second-order valence-electron chi connectivity index (χ2n) is 6.18. The highest BCUT2D eigenvalue weighted by atomic mass is 16.5. The maximum absolute atomic E-state index is 12.2. The Labute approximate surface area is 175 Å². The third-order valence-corrected chi connectivity index (χ3v) is 4.11. The molecule has 0 fully saturated rings. The Hall–Kier alpha value is -4.00. The van der Waals surface area contributed by atoms with Gasteiger partial charge >= 0.3 is 0 Å². The number of benzene rings is 3. The van der Waals surface area contributed by atoms with Crippen molar-refractivity contribution in [2.24, 2.45) is 5.10 Å². The number of hydrogen-bond donors (Lipinski definition) is 2. The number of para-hydroxylation sites is 3. The zero-order valence-corrected chi connectivity index (χ0v) is 16.8. The van der Waals surface area contributed by atoms with Crippen LogP contribution in [-0.2, 0) is 4.79 Å². The summed E-state index contributed by atoms with van der Waals surface area (Å²) in [7, 11) is 3.09. The van der Waals surface area contributed by atoms with E-state index in [1.165, 1.54) is 0 Å². The summed E-state index contributed by atoms with van der Waals surface area (Å²) in [6, 6.07) is 22.2. The van der Waals surface area contributed by atoms with Gasteiger partial charge in [-0.05, 0) is 48.0 Å². The van der Waals surface area contributed by atoms with Gasteiger partial charge in [-0.15, -0.1) is 0 Å². The average molecular weight is 405 g/mol. The molecule has 30 heavy (non-hydrogen) atoms. The molecule has 0 aromatic heterocycles. The van der Waals surface area contributed by atoms with E-state index in [9.17, 15) is 4.79 Å². The second kappa shape index (κ2) is 10.5. The molecule has 0 radical (unpaired) electrons. The molecular formula is C23H23N3O4.